The van der Waals surface area contributed by atoms with E-state index in [4.69, 9.17) is 16.3 Å². The summed E-state index contributed by atoms with van der Waals surface area (Å²) >= 11 is 6.36. The first-order valence-electron chi connectivity index (χ1n) is 6.89. The largest absolute Gasteiger partial charge is 0.453 e. The molecule has 3 nitrogen and oxygen atoms in total. The van der Waals surface area contributed by atoms with Crippen LogP contribution in [0.3, 0.4) is 0 Å². The number of amides is 1. The van der Waals surface area contributed by atoms with E-state index in [1.807, 2.05) is 36.4 Å². The first kappa shape index (κ1) is 14.0. The standard InChI is InChI=1S/C17H16ClNO2/c1-21-17(20)19-11-10-12-6-2-3-7-13(12)16(19)14-8-4-5-9-15(14)18/h2-9,16H,10-11H2,1H3. The summed E-state index contributed by atoms with van der Waals surface area (Å²) in [6, 6.07) is 15.6. The van der Waals surface area contributed by atoms with Crippen LogP contribution in [0.2, 0.25) is 5.02 Å². The molecule has 0 N–H and O–H groups in total. The second-order valence-corrected chi connectivity index (χ2v) is 5.44. The summed E-state index contributed by atoms with van der Waals surface area (Å²) in [6.45, 7) is 0.625. The summed E-state index contributed by atoms with van der Waals surface area (Å²) in [6.07, 6.45) is 0.501. The van der Waals surface area contributed by atoms with Gasteiger partial charge in [-0.25, -0.2) is 4.79 Å². The van der Waals surface area contributed by atoms with E-state index in [1.165, 1.54) is 12.7 Å². The van der Waals surface area contributed by atoms with Crippen molar-refractivity contribution in [2.75, 3.05) is 13.7 Å². The lowest BCUT2D eigenvalue weighted by Crippen LogP contribution is -2.40. The quantitative estimate of drug-likeness (QED) is 0.795. The zero-order valence-corrected chi connectivity index (χ0v) is 12.5. The number of nitrogens with zero attached hydrogens (tertiary/aromatic N) is 1. The molecule has 2 aromatic rings. The highest BCUT2D eigenvalue weighted by Gasteiger charge is 2.33. The van der Waals surface area contributed by atoms with E-state index >= 15 is 0 Å². The van der Waals surface area contributed by atoms with Gasteiger partial charge in [-0.1, -0.05) is 54.1 Å². The fraction of sp³-hybridized carbons (Fsp3) is 0.235. The number of ether oxygens (including phenoxy) is 1. The fourth-order valence-corrected chi connectivity index (χ4v) is 3.15. The molecule has 108 valence electrons. The average molecular weight is 302 g/mol. The highest BCUT2D eigenvalue weighted by atomic mass is 35.5. The van der Waals surface area contributed by atoms with Crippen LogP contribution >= 0.6 is 11.6 Å². The number of fused-ring (bicyclic) bond motifs is 1. The van der Waals surface area contributed by atoms with Gasteiger partial charge in [0.15, 0.2) is 0 Å². The molecule has 1 heterocycles. The predicted octanol–water partition coefficient (Wildman–Crippen LogP) is 4.05. The minimum Gasteiger partial charge on any atom is -0.453 e. The van der Waals surface area contributed by atoms with Gasteiger partial charge >= 0.3 is 6.09 Å². The predicted molar refractivity (Wildman–Crippen MR) is 82.6 cm³/mol. The molecule has 3 rings (SSSR count). The lowest BCUT2D eigenvalue weighted by molar-refractivity contribution is 0.109. The van der Waals surface area contributed by atoms with Crippen molar-refractivity contribution in [1.29, 1.82) is 0 Å². The molecule has 0 radical (unpaired) electrons. The number of benzene rings is 2. The van der Waals surface area contributed by atoms with Crippen molar-refractivity contribution in [3.63, 3.8) is 0 Å². The van der Waals surface area contributed by atoms with Crippen molar-refractivity contribution in [2.45, 2.75) is 12.5 Å². The molecule has 21 heavy (non-hydrogen) atoms. The molecule has 2 aromatic carbocycles. The first-order valence-corrected chi connectivity index (χ1v) is 7.27. The molecule has 1 atom stereocenters. The van der Waals surface area contributed by atoms with E-state index in [9.17, 15) is 4.79 Å². The van der Waals surface area contributed by atoms with Crippen LogP contribution in [0.25, 0.3) is 0 Å². The Bertz CT molecular complexity index is 671. The van der Waals surface area contributed by atoms with Gasteiger partial charge < -0.3 is 4.74 Å². The molecule has 0 aliphatic carbocycles. The van der Waals surface area contributed by atoms with Crippen LogP contribution in [0.5, 0.6) is 0 Å². The Morgan fingerprint density at radius 3 is 2.52 bits per heavy atom. The molecule has 0 aromatic heterocycles. The van der Waals surface area contributed by atoms with E-state index in [1.54, 1.807) is 4.90 Å². The van der Waals surface area contributed by atoms with Crippen LogP contribution in [0.15, 0.2) is 48.5 Å². The zero-order chi connectivity index (χ0) is 14.8. The molecule has 1 aliphatic heterocycles. The van der Waals surface area contributed by atoms with Crippen LogP contribution in [0.1, 0.15) is 22.7 Å². The van der Waals surface area contributed by atoms with Gasteiger partial charge in [0.2, 0.25) is 0 Å². The molecule has 0 spiro atoms. The van der Waals surface area contributed by atoms with Crippen molar-refractivity contribution in [3.05, 3.63) is 70.2 Å². The average Bonchev–Trinajstić information content (AvgIpc) is 2.54. The second kappa shape index (κ2) is 5.78. The topological polar surface area (TPSA) is 29.5 Å². The Hall–Kier alpha value is -2.00. The number of rotatable bonds is 1. The van der Waals surface area contributed by atoms with Crippen molar-refractivity contribution in [1.82, 2.24) is 4.90 Å². The Kier molecular flexibility index (Phi) is 3.84. The minimum absolute atomic E-state index is 0.198. The van der Waals surface area contributed by atoms with Gasteiger partial charge in [0, 0.05) is 11.6 Å². The van der Waals surface area contributed by atoms with Crippen molar-refractivity contribution in [2.24, 2.45) is 0 Å². The third-order valence-corrected chi connectivity index (χ3v) is 4.24. The smallest absolute Gasteiger partial charge is 0.410 e. The molecule has 0 fully saturated rings. The summed E-state index contributed by atoms with van der Waals surface area (Å²) in [5, 5.41) is 0.660. The van der Waals surface area contributed by atoms with Crippen LogP contribution < -0.4 is 0 Å². The third-order valence-electron chi connectivity index (χ3n) is 3.89. The number of hydrogen-bond donors (Lipinski definition) is 0. The van der Waals surface area contributed by atoms with E-state index in [-0.39, 0.29) is 12.1 Å². The van der Waals surface area contributed by atoms with E-state index in [0.717, 1.165) is 17.5 Å². The van der Waals surface area contributed by atoms with Gasteiger partial charge in [0.1, 0.15) is 0 Å². The number of carbonyl (C=O) groups is 1. The fourth-order valence-electron chi connectivity index (χ4n) is 2.91. The molecular weight excluding hydrogens is 286 g/mol. The maximum atomic E-state index is 12.1. The maximum absolute atomic E-state index is 12.1. The zero-order valence-electron chi connectivity index (χ0n) is 11.8. The van der Waals surface area contributed by atoms with Crippen LogP contribution in [-0.2, 0) is 11.2 Å². The number of carbonyl (C=O) groups excluding carboxylic acids is 1. The van der Waals surface area contributed by atoms with Gasteiger partial charge in [-0.3, -0.25) is 4.90 Å². The molecular formula is C17H16ClNO2. The van der Waals surface area contributed by atoms with Crippen molar-refractivity contribution >= 4 is 17.7 Å². The molecule has 0 bridgehead atoms. The monoisotopic (exact) mass is 301 g/mol. The number of methoxy groups -OCH3 is 1. The van der Waals surface area contributed by atoms with Gasteiger partial charge in [0.05, 0.1) is 13.2 Å². The van der Waals surface area contributed by atoms with Crippen LogP contribution in [0, 0.1) is 0 Å². The van der Waals surface area contributed by atoms with Gasteiger partial charge in [-0.2, -0.15) is 0 Å². The van der Waals surface area contributed by atoms with Crippen LogP contribution in [0.4, 0.5) is 4.79 Å². The number of hydrogen-bond acceptors (Lipinski definition) is 2. The SMILES string of the molecule is COC(=O)N1CCc2ccccc2C1c1ccccc1Cl. The first-order chi connectivity index (χ1) is 10.2. The Labute approximate surface area is 129 Å². The van der Waals surface area contributed by atoms with E-state index in [2.05, 4.69) is 12.1 Å². The summed E-state index contributed by atoms with van der Waals surface area (Å²) < 4.78 is 4.94. The summed E-state index contributed by atoms with van der Waals surface area (Å²) in [7, 11) is 1.41. The third kappa shape index (κ3) is 2.49. The normalized spacial score (nSPS) is 17.2. The van der Waals surface area contributed by atoms with Crippen molar-refractivity contribution < 1.29 is 9.53 Å². The van der Waals surface area contributed by atoms with Gasteiger partial charge in [-0.15, -0.1) is 0 Å². The number of halogens is 1. The lowest BCUT2D eigenvalue weighted by atomic mass is 9.88. The molecule has 1 unspecified atom stereocenters. The highest BCUT2D eigenvalue weighted by molar-refractivity contribution is 6.31. The minimum atomic E-state index is -0.325. The Morgan fingerprint density at radius 1 is 1.14 bits per heavy atom. The molecule has 4 heteroatoms. The summed E-state index contributed by atoms with van der Waals surface area (Å²) in [5.74, 6) is 0. The lowest BCUT2D eigenvalue weighted by Gasteiger charge is -2.37. The molecule has 1 aliphatic rings. The molecule has 0 saturated heterocycles. The molecule has 1 amide bonds. The van der Waals surface area contributed by atoms with E-state index < -0.39 is 0 Å². The summed E-state index contributed by atoms with van der Waals surface area (Å²) in [4.78, 5) is 13.9. The highest BCUT2D eigenvalue weighted by Crippen LogP contribution is 2.38. The van der Waals surface area contributed by atoms with Crippen LogP contribution in [-0.4, -0.2) is 24.6 Å². The molecule has 0 saturated carbocycles. The maximum Gasteiger partial charge on any atom is 0.410 e. The summed E-state index contributed by atoms with van der Waals surface area (Å²) in [5.41, 5.74) is 3.29. The van der Waals surface area contributed by atoms with Crippen molar-refractivity contribution in [3.8, 4) is 0 Å². The Morgan fingerprint density at radius 2 is 1.81 bits per heavy atom. The Balaban J connectivity index is 2.15. The van der Waals surface area contributed by atoms with Gasteiger partial charge in [-0.05, 0) is 29.2 Å². The second-order valence-electron chi connectivity index (χ2n) is 5.04. The van der Waals surface area contributed by atoms with E-state index in [0.29, 0.717) is 11.6 Å². The van der Waals surface area contributed by atoms with Gasteiger partial charge in [0.25, 0.3) is 0 Å².